The van der Waals surface area contributed by atoms with Crippen LogP contribution in [0, 0.1) is 5.82 Å². The van der Waals surface area contributed by atoms with Gasteiger partial charge in [-0.25, -0.2) is 12.8 Å². The molecular formula is C23H25BrClFN2O5S. The van der Waals surface area contributed by atoms with Crippen LogP contribution < -0.4 is 5.32 Å². The van der Waals surface area contributed by atoms with Gasteiger partial charge in [0.1, 0.15) is 10.7 Å². The Morgan fingerprint density at radius 3 is 2.62 bits per heavy atom. The molecule has 0 bridgehead atoms. The fraction of sp³-hybridized carbons (Fsp3) is 0.435. The number of carbonyl (C=O) groups is 1. The number of amides is 1. The van der Waals surface area contributed by atoms with Crippen molar-refractivity contribution in [2.24, 2.45) is 0 Å². The molecule has 1 heterocycles. The van der Waals surface area contributed by atoms with Gasteiger partial charge in [-0.15, -0.1) is 0 Å². The highest BCUT2D eigenvalue weighted by Crippen LogP contribution is 2.43. The smallest absolute Gasteiger partial charge is 0.254 e. The van der Waals surface area contributed by atoms with E-state index in [0.29, 0.717) is 36.3 Å². The van der Waals surface area contributed by atoms with Gasteiger partial charge in [0, 0.05) is 30.7 Å². The van der Waals surface area contributed by atoms with Gasteiger partial charge in [0.15, 0.2) is 15.6 Å². The van der Waals surface area contributed by atoms with Gasteiger partial charge in [-0.1, -0.05) is 33.6 Å². The first kappa shape index (κ1) is 25.4. The van der Waals surface area contributed by atoms with E-state index in [1.54, 1.807) is 0 Å². The zero-order chi connectivity index (χ0) is 24.5. The van der Waals surface area contributed by atoms with E-state index in [9.17, 15) is 18.3 Å². The number of nitrogens with one attached hydrogen (secondary N) is 1. The number of hydrogen-bond donors (Lipinski definition) is 2. The quantitative estimate of drug-likeness (QED) is 0.496. The summed E-state index contributed by atoms with van der Waals surface area (Å²) in [4.78, 5) is 14.6. The number of carbonyl (C=O) groups excluding carboxylic acids is 1. The molecule has 0 unspecified atom stereocenters. The molecular weight excluding hydrogens is 551 g/mol. The van der Waals surface area contributed by atoms with E-state index in [1.165, 1.54) is 24.3 Å². The van der Waals surface area contributed by atoms with E-state index in [1.807, 2.05) is 0 Å². The Morgan fingerprint density at radius 2 is 1.94 bits per heavy atom. The highest BCUT2D eigenvalue weighted by molar-refractivity contribution is 9.10. The summed E-state index contributed by atoms with van der Waals surface area (Å²) in [6.07, 6.45) is 1.57. The highest BCUT2D eigenvalue weighted by Gasteiger charge is 2.31. The number of morpholine rings is 1. The number of nitrogens with zero attached hydrogens (tertiary/aromatic N) is 1. The van der Waals surface area contributed by atoms with Gasteiger partial charge in [-0.2, -0.15) is 0 Å². The lowest BCUT2D eigenvalue weighted by Crippen LogP contribution is -2.41. The van der Waals surface area contributed by atoms with Gasteiger partial charge < -0.3 is 15.2 Å². The Labute approximate surface area is 211 Å². The Balaban J connectivity index is 1.57. The number of sulfone groups is 1. The van der Waals surface area contributed by atoms with Crippen LogP contribution in [0.3, 0.4) is 0 Å². The second-order valence-corrected chi connectivity index (χ2v) is 11.8. The second-order valence-electron chi connectivity index (χ2n) is 8.52. The van der Waals surface area contributed by atoms with Crippen LogP contribution in [0.15, 0.2) is 33.6 Å². The molecule has 2 aliphatic rings. The van der Waals surface area contributed by atoms with Crippen LogP contribution >= 0.6 is 27.5 Å². The molecule has 1 amide bonds. The van der Waals surface area contributed by atoms with Crippen LogP contribution in [0.2, 0.25) is 5.02 Å². The Kier molecular flexibility index (Phi) is 7.83. The van der Waals surface area contributed by atoms with Crippen LogP contribution in [0.1, 0.15) is 40.2 Å². The van der Waals surface area contributed by atoms with Crippen LogP contribution in [-0.4, -0.2) is 63.7 Å². The minimum absolute atomic E-state index is 0.0312. The first-order valence-electron chi connectivity index (χ1n) is 11.0. The maximum atomic E-state index is 15.2. The number of phenols is 1. The average molecular weight is 576 g/mol. The van der Waals surface area contributed by atoms with Crippen LogP contribution in [0.4, 0.5) is 4.39 Å². The van der Waals surface area contributed by atoms with Crippen molar-refractivity contribution in [1.82, 2.24) is 10.2 Å². The molecule has 0 spiro atoms. The highest BCUT2D eigenvalue weighted by atomic mass is 79.9. The van der Waals surface area contributed by atoms with E-state index >= 15 is 4.39 Å². The molecule has 34 heavy (non-hydrogen) atoms. The van der Waals surface area contributed by atoms with Gasteiger partial charge in [0.2, 0.25) is 0 Å². The van der Waals surface area contributed by atoms with E-state index in [4.69, 9.17) is 16.3 Å². The third kappa shape index (κ3) is 5.91. The monoisotopic (exact) mass is 574 g/mol. The van der Waals surface area contributed by atoms with Gasteiger partial charge in [-0.3, -0.25) is 9.69 Å². The van der Waals surface area contributed by atoms with Gasteiger partial charge >= 0.3 is 0 Å². The van der Waals surface area contributed by atoms with Crippen molar-refractivity contribution in [3.8, 4) is 5.75 Å². The fourth-order valence-corrected chi connectivity index (χ4v) is 6.46. The van der Waals surface area contributed by atoms with Crippen LogP contribution in [0.5, 0.6) is 5.75 Å². The Morgan fingerprint density at radius 1 is 1.24 bits per heavy atom. The molecule has 11 heteroatoms. The van der Waals surface area contributed by atoms with E-state index in [2.05, 4.69) is 26.1 Å². The fourth-order valence-electron chi connectivity index (χ4n) is 3.97. The molecule has 4 rings (SSSR count). The zero-order valence-corrected chi connectivity index (χ0v) is 21.5. The number of rotatable bonds is 8. The predicted molar refractivity (Wildman–Crippen MR) is 130 cm³/mol. The molecule has 1 saturated heterocycles. The summed E-state index contributed by atoms with van der Waals surface area (Å²) in [5.74, 6) is -2.28. The lowest BCUT2D eigenvalue weighted by molar-refractivity contribution is 0.0383. The Bertz CT molecular complexity index is 1200. The Hall–Kier alpha value is -1.72. The molecule has 2 fully saturated rings. The second kappa shape index (κ2) is 10.5. The first-order chi connectivity index (χ1) is 16.2. The summed E-state index contributed by atoms with van der Waals surface area (Å²) in [6.45, 7) is 3.78. The number of ether oxygens (including phenoxy) is 1. The normalized spacial score (nSPS) is 17.0. The van der Waals surface area contributed by atoms with Crippen molar-refractivity contribution in [1.29, 1.82) is 0 Å². The van der Waals surface area contributed by atoms with Gasteiger partial charge in [0.25, 0.3) is 5.91 Å². The summed E-state index contributed by atoms with van der Waals surface area (Å²) in [7, 11) is -4.03. The summed E-state index contributed by atoms with van der Waals surface area (Å²) in [5, 5.41) is 12.9. The largest absolute Gasteiger partial charge is 0.505 e. The lowest BCUT2D eigenvalue weighted by Gasteiger charge is -2.26. The van der Waals surface area contributed by atoms with Crippen LogP contribution in [-0.2, 0) is 20.3 Å². The zero-order valence-electron chi connectivity index (χ0n) is 18.3. The average Bonchev–Trinajstić information content (AvgIpc) is 3.63. The van der Waals surface area contributed by atoms with Crippen LogP contribution in [0.25, 0.3) is 0 Å². The molecule has 1 saturated carbocycles. The van der Waals surface area contributed by atoms with E-state index in [-0.39, 0.29) is 27.0 Å². The predicted octanol–water partition coefficient (Wildman–Crippen LogP) is 3.86. The molecule has 2 N–H and O–H groups in total. The van der Waals surface area contributed by atoms with Crippen molar-refractivity contribution in [2.75, 3.05) is 39.4 Å². The molecule has 0 radical (unpaired) electrons. The third-order valence-electron chi connectivity index (χ3n) is 5.92. The molecule has 0 aromatic heterocycles. The minimum atomic E-state index is -4.03. The SMILES string of the molecule is O=C(NCCN1CCOCC1)c1cc(CS(=O)(=O)c2cc(Br)cc(Cl)c2O)cc(C2CC2)c1F. The van der Waals surface area contributed by atoms with Crippen molar-refractivity contribution in [2.45, 2.75) is 29.4 Å². The van der Waals surface area contributed by atoms with Gasteiger partial charge in [0.05, 0.1) is 29.6 Å². The maximum Gasteiger partial charge on any atom is 0.254 e. The topological polar surface area (TPSA) is 95.9 Å². The lowest BCUT2D eigenvalue weighted by atomic mass is 10.0. The van der Waals surface area contributed by atoms with Crippen molar-refractivity contribution in [3.05, 3.63) is 56.3 Å². The number of phenolic OH excluding ortho intramolecular Hbond substituents is 1. The summed E-state index contributed by atoms with van der Waals surface area (Å²) >= 11 is 9.12. The summed E-state index contributed by atoms with van der Waals surface area (Å²) in [6, 6.07) is 5.44. The molecule has 2 aromatic carbocycles. The maximum absolute atomic E-state index is 15.2. The molecule has 7 nitrogen and oxygen atoms in total. The molecule has 1 aliphatic heterocycles. The number of hydrogen-bond acceptors (Lipinski definition) is 6. The summed E-state index contributed by atoms with van der Waals surface area (Å²) < 4.78 is 47.1. The molecule has 2 aromatic rings. The summed E-state index contributed by atoms with van der Waals surface area (Å²) in [5.41, 5.74) is 0.452. The first-order valence-corrected chi connectivity index (χ1v) is 13.8. The van der Waals surface area contributed by atoms with Crippen molar-refractivity contribution in [3.63, 3.8) is 0 Å². The molecule has 0 atom stereocenters. The molecule has 1 aliphatic carbocycles. The number of benzene rings is 2. The van der Waals surface area contributed by atoms with E-state index in [0.717, 1.165) is 25.9 Å². The van der Waals surface area contributed by atoms with Crippen molar-refractivity contribution < 1.29 is 27.4 Å². The number of halogens is 3. The van der Waals surface area contributed by atoms with Gasteiger partial charge in [-0.05, 0) is 48.1 Å². The molecule has 184 valence electrons. The van der Waals surface area contributed by atoms with Crippen molar-refractivity contribution >= 4 is 43.3 Å². The third-order valence-corrected chi connectivity index (χ3v) is 8.37. The van der Waals surface area contributed by atoms with E-state index < -0.39 is 33.1 Å². The standard InChI is InChI=1S/C23H25BrClFN2O5S/c24-16-11-19(25)22(29)20(12-16)34(31,32)13-14-9-17(15-1-2-15)21(26)18(10-14)23(30)27-3-4-28-5-7-33-8-6-28/h9-12,15,29H,1-8,13H2,(H,27,30). The number of aromatic hydroxyl groups is 1. The minimum Gasteiger partial charge on any atom is -0.505 e.